The van der Waals surface area contributed by atoms with Crippen molar-refractivity contribution in [1.29, 1.82) is 0 Å². The Morgan fingerprint density at radius 2 is 2.12 bits per heavy atom. The molecule has 1 N–H and O–H groups in total. The highest BCUT2D eigenvalue weighted by atomic mass is 16.6. The fourth-order valence-corrected chi connectivity index (χ4v) is 2.32. The summed E-state index contributed by atoms with van der Waals surface area (Å²) in [6, 6.07) is 7.32. The smallest absolute Gasteiger partial charge is 0.199 e. The fraction of sp³-hybridized carbons (Fsp3) is 0.357. The van der Waals surface area contributed by atoms with Crippen molar-refractivity contribution < 1.29 is 14.6 Å². The van der Waals surface area contributed by atoms with E-state index in [2.05, 4.69) is 0 Å². The molecule has 0 radical (unpaired) electrons. The van der Waals surface area contributed by atoms with Gasteiger partial charge >= 0.3 is 0 Å². The van der Waals surface area contributed by atoms with Crippen molar-refractivity contribution in [3.05, 3.63) is 41.5 Å². The van der Waals surface area contributed by atoms with Crippen LogP contribution in [0.25, 0.3) is 6.08 Å². The average molecular weight is 230 g/mol. The molecule has 0 amide bonds. The van der Waals surface area contributed by atoms with E-state index in [1.54, 1.807) is 12.1 Å². The second-order valence-electron chi connectivity index (χ2n) is 5.09. The number of benzene rings is 1. The van der Waals surface area contributed by atoms with E-state index in [-0.39, 0.29) is 11.4 Å². The molecule has 2 atom stereocenters. The van der Waals surface area contributed by atoms with Crippen molar-refractivity contribution >= 4 is 11.9 Å². The average Bonchev–Trinajstić information content (AvgIpc) is 3.02. The summed E-state index contributed by atoms with van der Waals surface area (Å²) in [6.45, 7) is 2.52. The lowest BCUT2D eigenvalue weighted by molar-refractivity contribution is 0.0395. The zero-order chi connectivity index (χ0) is 12.1. The number of ketones is 1. The topological polar surface area (TPSA) is 49.8 Å². The summed E-state index contributed by atoms with van der Waals surface area (Å²) in [7, 11) is 0. The Hall–Kier alpha value is -1.45. The lowest BCUT2D eigenvalue weighted by Gasteiger charge is -2.28. The number of epoxide rings is 1. The molecule has 1 aliphatic carbocycles. The van der Waals surface area contributed by atoms with Gasteiger partial charge in [0.05, 0.1) is 12.2 Å². The molecule has 3 nitrogen and oxygen atoms in total. The molecule has 0 spiro atoms. The van der Waals surface area contributed by atoms with Gasteiger partial charge in [0.15, 0.2) is 5.78 Å². The molecule has 2 unspecified atom stereocenters. The zero-order valence-electron chi connectivity index (χ0n) is 9.64. The molecule has 2 aliphatic rings. The van der Waals surface area contributed by atoms with Gasteiger partial charge in [0.25, 0.3) is 0 Å². The maximum absolute atomic E-state index is 12.3. The Labute approximate surface area is 99.7 Å². The lowest BCUT2D eigenvalue weighted by Crippen LogP contribution is -2.42. The molecule has 88 valence electrons. The summed E-state index contributed by atoms with van der Waals surface area (Å²) in [4.78, 5) is 12.3. The Balaban J connectivity index is 1.98. The Bertz CT molecular complexity index is 514. The summed E-state index contributed by atoms with van der Waals surface area (Å²) < 4.78 is 5.25. The molecule has 1 fully saturated rings. The van der Waals surface area contributed by atoms with Gasteiger partial charge in [-0.15, -0.1) is 0 Å². The molecule has 3 rings (SSSR count). The molecule has 1 aliphatic heterocycles. The highest BCUT2D eigenvalue weighted by Crippen LogP contribution is 2.39. The first-order valence-corrected chi connectivity index (χ1v) is 5.72. The van der Waals surface area contributed by atoms with E-state index in [1.165, 1.54) is 0 Å². The fourth-order valence-electron chi connectivity index (χ4n) is 2.32. The minimum atomic E-state index is -1.42. The first-order chi connectivity index (χ1) is 8.03. The van der Waals surface area contributed by atoms with Gasteiger partial charge in [0, 0.05) is 12.0 Å². The molecule has 1 aromatic carbocycles. The summed E-state index contributed by atoms with van der Waals surface area (Å²) >= 11 is 0. The van der Waals surface area contributed by atoms with Crippen LogP contribution in [0.1, 0.15) is 29.3 Å². The van der Waals surface area contributed by atoms with Crippen LogP contribution in [0, 0.1) is 0 Å². The highest BCUT2D eigenvalue weighted by molar-refractivity contribution is 6.08. The van der Waals surface area contributed by atoms with Gasteiger partial charge in [0.2, 0.25) is 0 Å². The predicted molar refractivity (Wildman–Crippen MR) is 63.7 cm³/mol. The van der Waals surface area contributed by atoms with Crippen LogP contribution in [0.4, 0.5) is 0 Å². The van der Waals surface area contributed by atoms with Crippen LogP contribution < -0.4 is 0 Å². The predicted octanol–water partition coefficient (Wildman–Crippen LogP) is 1.81. The Morgan fingerprint density at radius 3 is 2.82 bits per heavy atom. The van der Waals surface area contributed by atoms with E-state index in [9.17, 15) is 9.90 Å². The maximum Gasteiger partial charge on any atom is 0.199 e. The summed E-state index contributed by atoms with van der Waals surface area (Å²) in [5, 5.41) is 10.4. The molecule has 0 saturated carbocycles. The van der Waals surface area contributed by atoms with Gasteiger partial charge in [0.1, 0.15) is 5.60 Å². The third kappa shape index (κ3) is 1.72. The summed E-state index contributed by atoms with van der Waals surface area (Å²) in [5.74, 6) is -0.229. The van der Waals surface area contributed by atoms with Crippen LogP contribution in [0.5, 0.6) is 0 Å². The van der Waals surface area contributed by atoms with E-state index in [0.717, 1.165) is 5.56 Å². The number of carbonyl (C=O) groups excluding carboxylic acids is 1. The van der Waals surface area contributed by atoms with Gasteiger partial charge in [-0.05, 0) is 18.6 Å². The molecular weight excluding hydrogens is 216 g/mol. The van der Waals surface area contributed by atoms with Crippen molar-refractivity contribution in [3.63, 3.8) is 0 Å². The normalized spacial score (nSPS) is 34.6. The summed E-state index contributed by atoms with van der Waals surface area (Å²) in [5.41, 5.74) is -0.313. The minimum absolute atomic E-state index is 0.229. The van der Waals surface area contributed by atoms with Crippen LogP contribution in [-0.2, 0) is 4.74 Å². The van der Waals surface area contributed by atoms with E-state index in [4.69, 9.17) is 4.74 Å². The molecule has 1 aromatic rings. The number of rotatable bonds is 2. The van der Waals surface area contributed by atoms with E-state index < -0.39 is 5.60 Å². The second-order valence-corrected chi connectivity index (χ2v) is 5.09. The van der Waals surface area contributed by atoms with E-state index in [1.807, 2.05) is 31.2 Å². The zero-order valence-corrected chi connectivity index (χ0v) is 9.64. The maximum atomic E-state index is 12.3. The van der Waals surface area contributed by atoms with E-state index in [0.29, 0.717) is 18.6 Å². The molecule has 3 heteroatoms. The first-order valence-electron chi connectivity index (χ1n) is 5.72. The molecule has 0 bridgehead atoms. The molecule has 1 heterocycles. The number of ether oxygens (including phenoxy) is 1. The third-order valence-electron chi connectivity index (χ3n) is 3.42. The number of fused-ring (bicyclic) bond motifs is 1. The standard InChI is InChI=1S/C14H14O3/c1-13(9-17-13)8-14(16)7-6-10-4-2-3-5-11(10)12(14)15/h2-7,16H,8-9H2,1H3. The van der Waals surface area contributed by atoms with Crippen LogP contribution in [-0.4, -0.2) is 28.7 Å². The van der Waals surface area contributed by atoms with Gasteiger partial charge in [-0.25, -0.2) is 0 Å². The van der Waals surface area contributed by atoms with Crippen LogP contribution >= 0.6 is 0 Å². The molecule has 17 heavy (non-hydrogen) atoms. The number of aliphatic hydroxyl groups is 1. The van der Waals surface area contributed by atoms with Gasteiger partial charge < -0.3 is 9.84 Å². The first kappa shape index (κ1) is 10.7. The quantitative estimate of drug-likeness (QED) is 0.788. The van der Waals surface area contributed by atoms with Gasteiger partial charge in [-0.2, -0.15) is 0 Å². The number of Topliss-reactive ketones (excluding diaryl/α,β-unsaturated/α-hetero) is 1. The van der Waals surface area contributed by atoms with Gasteiger partial charge in [-0.3, -0.25) is 4.79 Å². The molecule has 0 aromatic heterocycles. The van der Waals surface area contributed by atoms with Crippen molar-refractivity contribution in [2.75, 3.05) is 6.61 Å². The van der Waals surface area contributed by atoms with Crippen molar-refractivity contribution in [1.82, 2.24) is 0 Å². The molecule has 1 saturated heterocycles. The second kappa shape index (κ2) is 3.28. The highest BCUT2D eigenvalue weighted by Gasteiger charge is 2.49. The number of carbonyl (C=O) groups is 1. The van der Waals surface area contributed by atoms with Crippen LogP contribution in [0.15, 0.2) is 30.3 Å². The Morgan fingerprint density at radius 1 is 1.41 bits per heavy atom. The van der Waals surface area contributed by atoms with Crippen LogP contribution in [0.3, 0.4) is 0 Å². The monoisotopic (exact) mass is 230 g/mol. The SMILES string of the molecule is CC1(CC2(O)C=Cc3ccccc3C2=O)CO1. The Kier molecular flexibility index (Phi) is 2.06. The third-order valence-corrected chi connectivity index (χ3v) is 3.42. The summed E-state index contributed by atoms with van der Waals surface area (Å²) in [6.07, 6.45) is 3.72. The van der Waals surface area contributed by atoms with Crippen molar-refractivity contribution in [2.45, 2.75) is 24.5 Å². The largest absolute Gasteiger partial charge is 0.377 e. The van der Waals surface area contributed by atoms with E-state index >= 15 is 0 Å². The van der Waals surface area contributed by atoms with Crippen molar-refractivity contribution in [2.24, 2.45) is 0 Å². The van der Waals surface area contributed by atoms with Gasteiger partial charge in [-0.1, -0.05) is 30.3 Å². The number of hydrogen-bond donors (Lipinski definition) is 1. The minimum Gasteiger partial charge on any atom is -0.377 e. The molecular formula is C14H14O3. The van der Waals surface area contributed by atoms with Crippen molar-refractivity contribution in [3.8, 4) is 0 Å². The number of hydrogen-bond acceptors (Lipinski definition) is 3. The van der Waals surface area contributed by atoms with Crippen LogP contribution in [0.2, 0.25) is 0 Å². The lowest BCUT2D eigenvalue weighted by atomic mass is 9.79.